The highest BCUT2D eigenvalue weighted by atomic mass is 16.2. The van der Waals surface area contributed by atoms with Crippen LogP contribution in [0.3, 0.4) is 0 Å². The first kappa shape index (κ1) is 13.0. The highest BCUT2D eigenvalue weighted by Gasteiger charge is 2.32. The third kappa shape index (κ3) is 2.06. The highest BCUT2D eigenvalue weighted by Crippen LogP contribution is 2.33. The Morgan fingerprint density at radius 1 is 1.18 bits per heavy atom. The molecular formula is C17H16N4O. The average molecular weight is 292 g/mol. The van der Waals surface area contributed by atoms with Crippen LogP contribution >= 0.6 is 0 Å². The topological polar surface area (TPSA) is 61.9 Å². The standard InChI is InChI=1S/C17H16N4O/c22-17(16-13-4-1-2-5-14(13)19-20-16)21-11-3-6-15(21)12-7-9-18-10-8-12/h1-2,4-5,7-10,15H,3,6,11H2,(H,19,20). The number of benzene rings is 1. The quantitative estimate of drug-likeness (QED) is 0.790. The van der Waals surface area contributed by atoms with Crippen molar-refractivity contribution in [3.63, 3.8) is 0 Å². The van der Waals surface area contributed by atoms with E-state index >= 15 is 0 Å². The van der Waals surface area contributed by atoms with Crippen LogP contribution in [0.5, 0.6) is 0 Å². The molecule has 0 spiro atoms. The van der Waals surface area contributed by atoms with Gasteiger partial charge >= 0.3 is 0 Å². The van der Waals surface area contributed by atoms with Crippen LogP contribution in [0.4, 0.5) is 0 Å². The number of amides is 1. The highest BCUT2D eigenvalue weighted by molar-refractivity contribution is 6.04. The van der Waals surface area contributed by atoms with E-state index in [-0.39, 0.29) is 11.9 Å². The molecule has 0 saturated carbocycles. The van der Waals surface area contributed by atoms with Crippen molar-refractivity contribution < 1.29 is 4.79 Å². The van der Waals surface area contributed by atoms with Crippen molar-refractivity contribution in [1.82, 2.24) is 20.1 Å². The Hall–Kier alpha value is -2.69. The molecule has 1 amide bonds. The Morgan fingerprint density at radius 2 is 2.00 bits per heavy atom. The van der Waals surface area contributed by atoms with Gasteiger partial charge < -0.3 is 4.90 Å². The van der Waals surface area contributed by atoms with Crippen molar-refractivity contribution >= 4 is 16.8 Å². The molecule has 0 radical (unpaired) electrons. The van der Waals surface area contributed by atoms with E-state index in [2.05, 4.69) is 15.2 Å². The number of rotatable bonds is 2. The molecule has 1 fully saturated rings. The summed E-state index contributed by atoms with van der Waals surface area (Å²) in [5.74, 6) is -0.00300. The van der Waals surface area contributed by atoms with Crippen molar-refractivity contribution in [1.29, 1.82) is 0 Å². The molecule has 0 bridgehead atoms. The van der Waals surface area contributed by atoms with E-state index in [0.29, 0.717) is 5.69 Å². The van der Waals surface area contributed by atoms with Crippen molar-refractivity contribution in [2.24, 2.45) is 0 Å². The smallest absolute Gasteiger partial charge is 0.275 e. The number of carbonyl (C=O) groups is 1. The van der Waals surface area contributed by atoms with Crippen LogP contribution < -0.4 is 0 Å². The molecule has 22 heavy (non-hydrogen) atoms. The number of hydrogen-bond acceptors (Lipinski definition) is 3. The Morgan fingerprint density at radius 3 is 2.86 bits per heavy atom. The fourth-order valence-corrected chi connectivity index (χ4v) is 3.20. The summed E-state index contributed by atoms with van der Waals surface area (Å²) in [4.78, 5) is 18.9. The van der Waals surface area contributed by atoms with Crippen LogP contribution in [0.1, 0.15) is 34.9 Å². The minimum absolute atomic E-state index is 0.00300. The zero-order valence-corrected chi connectivity index (χ0v) is 12.1. The zero-order chi connectivity index (χ0) is 14.9. The number of aromatic amines is 1. The lowest BCUT2D eigenvalue weighted by Gasteiger charge is -2.24. The predicted octanol–water partition coefficient (Wildman–Crippen LogP) is 2.94. The van der Waals surface area contributed by atoms with E-state index < -0.39 is 0 Å². The Labute approximate surface area is 128 Å². The van der Waals surface area contributed by atoms with Gasteiger partial charge in [-0.05, 0) is 36.6 Å². The van der Waals surface area contributed by atoms with Gasteiger partial charge in [0, 0.05) is 24.3 Å². The Bertz CT molecular complexity index is 812. The molecule has 1 N–H and O–H groups in total. The maximum atomic E-state index is 12.9. The molecular weight excluding hydrogens is 276 g/mol. The molecule has 1 atom stereocenters. The van der Waals surface area contributed by atoms with Gasteiger partial charge in [-0.15, -0.1) is 0 Å². The summed E-state index contributed by atoms with van der Waals surface area (Å²) in [6, 6.07) is 11.8. The van der Waals surface area contributed by atoms with Crippen molar-refractivity contribution in [2.75, 3.05) is 6.54 Å². The molecule has 3 aromatic rings. The largest absolute Gasteiger partial charge is 0.330 e. The molecule has 5 heteroatoms. The van der Waals surface area contributed by atoms with Crippen molar-refractivity contribution in [3.8, 4) is 0 Å². The van der Waals surface area contributed by atoms with E-state index in [1.807, 2.05) is 41.3 Å². The molecule has 1 aromatic carbocycles. The first-order chi connectivity index (χ1) is 10.8. The number of fused-ring (bicyclic) bond motifs is 1. The van der Waals surface area contributed by atoms with Gasteiger partial charge in [0.25, 0.3) is 5.91 Å². The Kier molecular flexibility index (Phi) is 3.11. The SMILES string of the molecule is O=C(c1n[nH]c2ccccc12)N1CCCC1c1ccncc1. The number of hydrogen-bond donors (Lipinski definition) is 1. The number of nitrogens with one attached hydrogen (secondary N) is 1. The molecule has 0 aliphatic carbocycles. The second-order valence-corrected chi connectivity index (χ2v) is 5.55. The van der Waals surface area contributed by atoms with Crippen molar-refractivity contribution in [2.45, 2.75) is 18.9 Å². The second-order valence-electron chi connectivity index (χ2n) is 5.55. The molecule has 3 heterocycles. The lowest BCUT2D eigenvalue weighted by molar-refractivity contribution is 0.0731. The average Bonchev–Trinajstić information content (AvgIpc) is 3.22. The summed E-state index contributed by atoms with van der Waals surface area (Å²) in [5.41, 5.74) is 2.54. The molecule has 1 unspecified atom stereocenters. The molecule has 1 aliphatic rings. The van der Waals surface area contributed by atoms with Crippen LogP contribution in [0, 0.1) is 0 Å². The lowest BCUT2D eigenvalue weighted by atomic mass is 10.1. The number of H-pyrrole nitrogens is 1. The number of nitrogens with zero attached hydrogens (tertiary/aromatic N) is 3. The van der Waals surface area contributed by atoms with E-state index in [1.165, 1.54) is 0 Å². The molecule has 4 rings (SSSR count). The van der Waals surface area contributed by atoms with Crippen LogP contribution in [-0.2, 0) is 0 Å². The van der Waals surface area contributed by atoms with E-state index in [0.717, 1.165) is 35.9 Å². The molecule has 1 saturated heterocycles. The molecule has 110 valence electrons. The van der Waals surface area contributed by atoms with E-state index in [1.54, 1.807) is 12.4 Å². The minimum Gasteiger partial charge on any atom is -0.330 e. The summed E-state index contributed by atoms with van der Waals surface area (Å²) in [7, 11) is 0. The Balaban J connectivity index is 1.70. The first-order valence-electron chi connectivity index (χ1n) is 7.48. The number of carbonyl (C=O) groups excluding carboxylic acids is 1. The summed E-state index contributed by atoms with van der Waals surface area (Å²) >= 11 is 0. The van der Waals surface area contributed by atoms with Gasteiger partial charge in [-0.3, -0.25) is 14.9 Å². The van der Waals surface area contributed by atoms with Gasteiger partial charge in [-0.1, -0.05) is 18.2 Å². The first-order valence-corrected chi connectivity index (χ1v) is 7.48. The number of pyridine rings is 1. The third-order valence-corrected chi connectivity index (χ3v) is 4.28. The summed E-state index contributed by atoms with van der Waals surface area (Å²) in [5, 5.41) is 8.06. The van der Waals surface area contributed by atoms with Gasteiger partial charge in [0.1, 0.15) is 0 Å². The maximum absolute atomic E-state index is 12.9. The van der Waals surface area contributed by atoms with Crippen LogP contribution in [0.25, 0.3) is 10.9 Å². The molecule has 1 aliphatic heterocycles. The number of aromatic nitrogens is 3. The molecule has 2 aromatic heterocycles. The van der Waals surface area contributed by atoms with Gasteiger partial charge in [-0.25, -0.2) is 0 Å². The van der Waals surface area contributed by atoms with Gasteiger partial charge in [0.05, 0.1) is 11.6 Å². The number of likely N-dealkylation sites (tertiary alicyclic amines) is 1. The van der Waals surface area contributed by atoms with Crippen LogP contribution in [0.2, 0.25) is 0 Å². The normalized spacial score (nSPS) is 18.0. The summed E-state index contributed by atoms with van der Waals surface area (Å²) in [6.45, 7) is 0.771. The van der Waals surface area contributed by atoms with E-state index in [9.17, 15) is 4.79 Å². The molecule has 5 nitrogen and oxygen atoms in total. The van der Waals surface area contributed by atoms with Crippen LogP contribution in [0.15, 0.2) is 48.8 Å². The summed E-state index contributed by atoms with van der Waals surface area (Å²) in [6.07, 6.45) is 5.56. The predicted molar refractivity (Wildman–Crippen MR) is 83.3 cm³/mol. The van der Waals surface area contributed by atoms with Gasteiger partial charge in [0.15, 0.2) is 5.69 Å². The van der Waals surface area contributed by atoms with Crippen molar-refractivity contribution in [3.05, 3.63) is 60.0 Å². The van der Waals surface area contributed by atoms with Gasteiger partial charge in [-0.2, -0.15) is 5.10 Å². The van der Waals surface area contributed by atoms with Crippen LogP contribution in [-0.4, -0.2) is 32.5 Å². The fourth-order valence-electron chi connectivity index (χ4n) is 3.20. The summed E-state index contributed by atoms with van der Waals surface area (Å²) < 4.78 is 0. The number of para-hydroxylation sites is 1. The van der Waals surface area contributed by atoms with E-state index in [4.69, 9.17) is 0 Å². The third-order valence-electron chi connectivity index (χ3n) is 4.28. The zero-order valence-electron chi connectivity index (χ0n) is 12.1. The van der Waals surface area contributed by atoms with Gasteiger partial charge in [0.2, 0.25) is 0 Å². The second kappa shape index (κ2) is 5.26. The lowest BCUT2D eigenvalue weighted by Crippen LogP contribution is -2.31. The maximum Gasteiger partial charge on any atom is 0.275 e. The fraction of sp³-hybridized carbons (Fsp3) is 0.235. The monoisotopic (exact) mass is 292 g/mol. The minimum atomic E-state index is -0.00300.